The van der Waals surface area contributed by atoms with Crippen LogP contribution in [0.1, 0.15) is 16.1 Å². The van der Waals surface area contributed by atoms with Crippen LogP contribution >= 0.6 is 0 Å². The smallest absolute Gasteiger partial charge is 0.275 e. The Labute approximate surface area is 166 Å². The maximum atomic E-state index is 13.4. The minimum absolute atomic E-state index is 0.0501. The zero-order valence-electron chi connectivity index (χ0n) is 15.5. The lowest BCUT2D eigenvalue weighted by molar-refractivity contribution is 0.0694. The molecule has 2 heterocycles. The second-order valence-electron chi connectivity index (χ2n) is 6.89. The highest BCUT2D eigenvalue weighted by Crippen LogP contribution is 2.22. The first-order valence-corrected chi connectivity index (χ1v) is 10.4. The van der Waals surface area contributed by atoms with Crippen molar-refractivity contribution >= 4 is 26.8 Å². The van der Waals surface area contributed by atoms with E-state index in [4.69, 9.17) is 0 Å². The molecule has 0 aliphatic carbocycles. The number of halogens is 2. The van der Waals surface area contributed by atoms with Crippen molar-refractivity contribution in [3.8, 4) is 0 Å². The van der Waals surface area contributed by atoms with E-state index in [2.05, 4.69) is 10.2 Å². The van der Waals surface area contributed by atoms with E-state index < -0.39 is 21.7 Å². The summed E-state index contributed by atoms with van der Waals surface area (Å²) in [6.45, 7) is 2.36. The van der Waals surface area contributed by atoms with Crippen LogP contribution in [-0.2, 0) is 10.0 Å². The van der Waals surface area contributed by atoms with Crippen molar-refractivity contribution in [1.82, 2.24) is 19.4 Å². The summed E-state index contributed by atoms with van der Waals surface area (Å²) in [6, 6.07) is 8.11. The van der Waals surface area contributed by atoms with Crippen LogP contribution in [-0.4, -0.2) is 59.9 Å². The van der Waals surface area contributed by atoms with E-state index >= 15 is 0 Å². The Bertz CT molecular complexity index is 1200. The Hall–Kier alpha value is -2.85. The molecule has 0 unspecified atom stereocenters. The van der Waals surface area contributed by atoms with Crippen LogP contribution in [0.3, 0.4) is 0 Å². The van der Waals surface area contributed by atoms with Gasteiger partial charge in [-0.05, 0) is 37.3 Å². The number of aromatic amines is 1. The van der Waals surface area contributed by atoms with Crippen molar-refractivity contribution < 1.29 is 22.0 Å². The number of carbonyl (C=O) groups excluding carboxylic acids is 1. The predicted molar refractivity (Wildman–Crippen MR) is 102 cm³/mol. The fourth-order valence-electron chi connectivity index (χ4n) is 3.36. The van der Waals surface area contributed by atoms with Gasteiger partial charge in [0.1, 0.15) is 0 Å². The molecule has 4 rings (SSSR count). The van der Waals surface area contributed by atoms with Gasteiger partial charge in [0.25, 0.3) is 5.91 Å². The van der Waals surface area contributed by atoms with Crippen LogP contribution in [0.2, 0.25) is 0 Å². The summed E-state index contributed by atoms with van der Waals surface area (Å²) in [5, 5.41) is 7.66. The molecule has 0 saturated carbocycles. The number of nitrogens with zero attached hydrogens (tertiary/aromatic N) is 3. The Balaban J connectivity index is 1.50. The molecular formula is C19H18F2N4O3S. The van der Waals surface area contributed by atoms with E-state index in [-0.39, 0.29) is 37.0 Å². The lowest BCUT2D eigenvalue weighted by Crippen LogP contribution is -2.50. The lowest BCUT2D eigenvalue weighted by atomic mass is 10.1. The van der Waals surface area contributed by atoms with Crippen molar-refractivity contribution in [2.24, 2.45) is 0 Å². The molecule has 29 heavy (non-hydrogen) atoms. The number of benzene rings is 2. The summed E-state index contributed by atoms with van der Waals surface area (Å²) >= 11 is 0. The first-order valence-electron chi connectivity index (χ1n) is 8.96. The van der Waals surface area contributed by atoms with Gasteiger partial charge in [0.2, 0.25) is 10.0 Å². The number of rotatable bonds is 3. The number of aromatic nitrogens is 2. The SMILES string of the molecule is Cc1ccc2[nH]nc(C(=O)N3CCN(S(=O)(=O)c4ccc(F)c(F)c4)CC3)c2c1. The van der Waals surface area contributed by atoms with Gasteiger partial charge in [0.15, 0.2) is 17.3 Å². The second-order valence-corrected chi connectivity index (χ2v) is 8.83. The van der Waals surface area contributed by atoms with E-state index in [1.807, 2.05) is 25.1 Å². The molecule has 1 aliphatic heterocycles. The number of sulfonamides is 1. The van der Waals surface area contributed by atoms with Gasteiger partial charge in [-0.3, -0.25) is 9.89 Å². The number of hydrogen-bond acceptors (Lipinski definition) is 4. The van der Waals surface area contributed by atoms with Crippen molar-refractivity contribution in [2.45, 2.75) is 11.8 Å². The van der Waals surface area contributed by atoms with E-state index in [0.29, 0.717) is 17.1 Å². The number of amides is 1. The molecule has 0 radical (unpaired) electrons. The van der Waals surface area contributed by atoms with Crippen LogP contribution in [0.4, 0.5) is 8.78 Å². The first-order chi connectivity index (χ1) is 13.8. The third-order valence-electron chi connectivity index (χ3n) is 4.98. The molecule has 1 aromatic heterocycles. The molecule has 152 valence electrons. The number of hydrogen-bond donors (Lipinski definition) is 1. The maximum Gasteiger partial charge on any atom is 0.275 e. The zero-order chi connectivity index (χ0) is 20.8. The molecule has 2 aromatic carbocycles. The average Bonchev–Trinajstić information content (AvgIpc) is 3.12. The fourth-order valence-corrected chi connectivity index (χ4v) is 4.79. The van der Waals surface area contributed by atoms with Gasteiger partial charge in [-0.2, -0.15) is 9.40 Å². The number of nitrogens with one attached hydrogen (secondary N) is 1. The van der Waals surface area contributed by atoms with Gasteiger partial charge in [0, 0.05) is 31.6 Å². The molecule has 0 bridgehead atoms. The van der Waals surface area contributed by atoms with E-state index in [1.54, 1.807) is 0 Å². The molecule has 3 aromatic rings. The van der Waals surface area contributed by atoms with Crippen LogP contribution in [0.5, 0.6) is 0 Å². The lowest BCUT2D eigenvalue weighted by Gasteiger charge is -2.33. The molecule has 0 spiro atoms. The summed E-state index contributed by atoms with van der Waals surface area (Å²) in [6.07, 6.45) is 0. The van der Waals surface area contributed by atoms with Crippen LogP contribution in [0, 0.1) is 18.6 Å². The summed E-state index contributed by atoms with van der Waals surface area (Å²) in [4.78, 5) is 14.1. The number of piperazine rings is 1. The Morgan fingerprint density at radius 1 is 1.03 bits per heavy atom. The Morgan fingerprint density at radius 3 is 2.45 bits per heavy atom. The molecule has 1 saturated heterocycles. The van der Waals surface area contributed by atoms with Crippen molar-refractivity contribution in [2.75, 3.05) is 26.2 Å². The zero-order valence-corrected chi connectivity index (χ0v) is 16.3. The molecule has 1 aliphatic rings. The Kier molecular flexibility index (Phi) is 4.83. The van der Waals surface area contributed by atoms with E-state index in [9.17, 15) is 22.0 Å². The van der Waals surface area contributed by atoms with Crippen LogP contribution in [0.25, 0.3) is 10.9 Å². The third kappa shape index (κ3) is 3.49. The minimum Gasteiger partial charge on any atom is -0.335 e. The highest BCUT2D eigenvalue weighted by Gasteiger charge is 2.32. The maximum absolute atomic E-state index is 13.4. The van der Waals surface area contributed by atoms with Gasteiger partial charge in [-0.15, -0.1) is 0 Å². The topological polar surface area (TPSA) is 86.4 Å². The summed E-state index contributed by atoms with van der Waals surface area (Å²) < 4.78 is 53.1. The van der Waals surface area contributed by atoms with Gasteiger partial charge >= 0.3 is 0 Å². The molecule has 10 heteroatoms. The quantitative estimate of drug-likeness (QED) is 0.705. The summed E-state index contributed by atoms with van der Waals surface area (Å²) in [5.41, 5.74) is 2.04. The number of H-pyrrole nitrogens is 1. The highest BCUT2D eigenvalue weighted by molar-refractivity contribution is 7.89. The summed E-state index contributed by atoms with van der Waals surface area (Å²) in [5.74, 6) is -2.62. The fraction of sp³-hybridized carbons (Fsp3) is 0.263. The monoisotopic (exact) mass is 420 g/mol. The molecule has 1 N–H and O–H groups in total. The normalized spacial score (nSPS) is 15.8. The average molecular weight is 420 g/mol. The standard InChI is InChI=1S/C19H18F2N4O3S/c1-12-2-5-17-14(10-12)18(23-22-17)19(26)24-6-8-25(9-7-24)29(27,28)13-3-4-15(20)16(21)11-13/h2-5,10-11H,6-9H2,1H3,(H,22,23). The number of aryl methyl sites for hydroxylation is 1. The molecule has 7 nitrogen and oxygen atoms in total. The van der Waals surface area contributed by atoms with Gasteiger partial charge < -0.3 is 4.90 Å². The summed E-state index contributed by atoms with van der Waals surface area (Å²) in [7, 11) is -3.98. The van der Waals surface area contributed by atoms with Gasteiger partial charge in [-0.1, -0.05) is 11.6 Å². The van der Waals surface area contributed by atoms with Crippen molar-refractivity contribution in [3.05, 3.63) is 59.3 Å². The molecule has 1 fully saturated rings. The predicted octanol–water partition coefficient (Wildman–Crippen LogP) is 2.30. The highest BCUT2D eigenvalue weighted by atomic mass is 32.2. The molecule has 1 amide bonds. The first kappa shape index (κ1) is 19.5. The molecular weight excluding hydrogens is 402 g/mol. The van der Waals surface area contributed by atoms with Crippen LogP contribution < -0.4 is 0 Å². The third-order valence-corrected chi connectivity index (χ3v) is 6.87. The Morgan fingerprint density at radius 2 is 1.76 bits per heavy atom. The van der Waals surface area contributed by atoms with Gasteiger partial charge in [0.05, 0.1) is 10.4 Å². The van der Waals surface area contributed by atoms with Gasteiger partial charge in [-0.25, -0.2) is 17.2 Å². The number of fused-ring (bicyclic) bond motifs is 1. The van der Waals surface area contributed by atoms with E-state index in [0.717, 1.165) is 27.5 Å². The second kappa shape index (κ2) is 7.20. The van der Waals surface area contributed by atoms with Crippen molar-refractivity contribution in [3.63, 3.8) is 0 Å². The largest absolute Gasteiger partial charge is 0.335 e. The van der Waals surface area contributed by atoms with Crippen molar-refractivity contribution in [1.29, 1.82) is 0 Å². The number of carbonyl (C=O) groups is 1. The van der Waals surface area contributed by atoms with Crippen LogP contribution in [0.15, 0.2) is 41.3 Å². The van der Waals surface area contributed by atoms with E-state index in [1.165, 1.54) is 4.90 Å². The minimum atomic E-state index is -3.98. The molecule has 0 atom stereocenters.